The molecule has 49 heavy (non-hydrogen) atoms. The third-order valence-corrected chi connectivity index (χ3v) is 11.5. The largest absolute Gasteiger partial charge is 0.483 e. The number of aliphatic carboxylic acids is 1. The number of nitrogens with zero attached hydrogens (tertiary/aromatic N) is 1. The smallest absolute Gasteiger partial charge is 0.305 e. The number of amides is 2. The van der Waals surface area contributed by atoms with Crippen molar-refractivity contribution >= 4 is 50.8 Å². The van der Waals surface area contributed by atoms with Crippen LogP contribution in [0.1, 0.15) is 70.4 Å². The van der Waals surface area contributed by atoms with Crippen molar-refractivity contribution in [2.75, 3.05) is 36.6 Å². The van der Waals surface area contributed by atoms with Gasteiger partial charge in [0.1, 0.15) is 11.8 Å². The van der Waals surface area contributed by atoms with Crippen molar-refractivity contribution < 1.29 is 32.6 Å². The Morgan fingerprint density at radius 2 is 1.61 bits per heavy atom. The third-order valence-electron chi connectivity index (χ3n) is 8.75. The molecule has 264 valence electrons. The van der Waals surface area contributed by atoms with Crippen LogP contribution in [-0.2, 0) is 24.2 Å². The van der Waals surface area contributed by atoms with Gasteiger partial charge in [-0.2, -0.15) is 0 Å². The fourth-order valence-corrected chi connectivity index (χ4v) is 8.93. The number of ether oxygens (including phenoxy) is 1. The topological polar surface area (TPSA) is 142 Å². The minimum atomic E-state index is -3.78. The van der Waals surface area contributed by atoms with Gasteiger partial charge in [-0.1, -0.05) is 88.1 Å². The van der Waals surface area contributed by atoms with E-state index in [1.807, 2.05) is 42.7 Å². The van der Waals surface area contributed by atoms with E-state index in [4.69, 9.17) is 9.84 Å². The Balaban J connectivity index is 1.66. The molecule has 0 aromatic heterocycles. The Bertz CT molecular complexity index is 1680. The first kappa shape index (κ1) is 37.8. The maximum absolute atomic E-state index is 14.4. The minimum Gasteiger partial charge on any atom is -0.483 e. The number of carbonyl (C=O) groups excluding carboxylic acids is 2. The van der Waals surface area contributed by atoms with Gasteiger partial charge in [-0.25, -0.2) is 8.42 Å². The summed E-state index contributed by atoms with van der Waals surface area (Å²) < 4.78 is 34.7. The lowest BCUT2D eigenvalue weighted by molar-refractivity contribution is -0.137. The quantitative estimate of drug-likeness (QED) is 0.133. The van der Waals surface area contributed by atoms with Gasteiger partial charge in [-0.3, -0.25) is 14.4 Å². The summed E-state index contributed by atoms with van der Waals surface area (Å²) in [5.74, 6) is -1.94. The normalized spacial score (nSPS) is 15.4. The van der Waals surface area contributed by atoms with Gasteiger partial charge in [0.15, 0.2) is 16.4 Å². The van der Waals surface area contributed by atoms with Crippen LogP contribution in [-0.4, -0.2) is 63.0 Å². The van der Waals surface area contributed by atoms with Gasteiger partial charge < -0.3 is 25.4 Å². The average Bonchev–Trinajstić information content (AvgIpc) is 3.19. The Morgan fingerprint density at radius 3 is 2.20 bits per heavy atom. The van der Waals surface area contributed by atoms with Gasteiger partial charge in [0.2, 0.25) is 5.91 Å². The molecule has 0 radical (unpaired) electrons. The van der Waals surface area contributed by atoms with Crippen molar-refractivity contribution in [1.29, 1.82) is 0 Å². The van der Waals surface area contributed by atoms with Gasteiger partial charge >= 0.3 is 5.97 Å². The second-order valence-corrected chi connectivity index (χ2v) is 15.3. The van der Waals surface area contributed by atoms with Crippen molar-refractivity contribution in [2.24, 2.45) is 5.41 Å². The number of unbranched alkanes of at least 4 members (excludes halogenated alkanes) is 2. The summed E-state index contributed by atoms with van der Waals surface area (Å²) in [4.78, 5) is 40.1. The lowest BCUT2D eigenvalue weighted by Crippen LogP contribution is -2.42. The van der Waals surface area contributed by atoms with Gasteiger partial charge in [0.25, 0.3) is 5.91 Å². The molecule has 3 N–H and O–H groups in total. The maximum atomic E-state index is 14.4. The number of sulfone groups is 1. The summed E-state index contributed by atoms with van der Waals surface area (Å²) >= 11 is 1.39. The van der Waals surface area contributed by atoms with E-state index in [2.05, 4.69) is 29.4 Å². The maximum Gasteiger partial charge on any atom is 0.305 e. The highest BCUT2D eigenvalue weighted by atomic mass is 32.2. The minimum absolute atomic E-state index is 0.0185. The Morgan fingerprint density at radius 1 is 0.980 bits per heavy atom. The fraction of sp³-hybridized carbons (Fsp3) is 0.432. The van der Waals surface area contributed by atoms with Gasteiger partial charge in [0, 0.05) is 30.3 Å². The molecular weight excluding hydrogens is 663 g/mol. The van der Waals surface area contributed by atoms with E-state index in [0.29, 0.717) is 22.7 Å². The molecule has 0 aliphatic carbocycles. The highest BCUT2D eigenvalue weighted by Gasteiger charge is 2.42. The first-order valence-electron chi connectivity index (χ1n) is 16.8. The second-order valence-electron chi connectivity index (χ2n) is 12.5. The summed E-state index contributed by atoms with van der Waals surface area (Å²) in [6.07, 6.45) is 7.00. The summed E-state index contributed by atoms with van der Waals surface area (Å²) in [6.45, 7) is 4.25. The van der Waals surface area contributed by atoms with Crippen LogP contribution in [0.5, 0.6) is 5.75 Å². The van der Waals surface area contributed by atoms with Crippen molar-refractivity contribution in [2.45, 2.75) is 74.6 Å². The van der Waals surface area contributed by atoms with Gasteiger partial charge in [0.05, 0.1) is 27.7 Å². The van der Waals surface area contributed by atoms with Crippen LogP contribution < -0.4 is 20.3 Å². The highest BCUT2D eigenvalue weighted by molar-refractivity contribution is 7.98. The van der Waals surface area contributed by atoms with Gasteiger partial charge in [-0.05, 0) is 42.9 Å². The van der Waals surface area contributed by atoms with Crippen LogP contribution in [0.25, 0.3) is 0 Å². The number of carbonyl (C=O) groups is 3. The molecule has 2 amide bonds. The molecular formula is C37H47N3O7S2. The fourth-order valence-electron chi connectivity index (χ4n) is 6.27. The van der Waals surface area contributed by atoms with Crippen LogP contribution in [0.15, 0.2) is 82.6 Å². The third kappa shape index (κ3) is 10.0. The first-order valence-corrected chi connectivity index (χ1v) is 19.6. The van der Waals surface area contributed by atoms with E-state index in [9.17, 15) is 22.8 Å². The second kappa shape index (κ2) is 17.6. The zero-order chi connectivity index (χ0) is 35.4. The van der Waals surface area contributed by atoms with E-state index in [-0.39, 0.29) is 29.4 Å². The lowest BCUT2D eigenvalue weighted by atomic mass is 9.79. The number of hydrogen-bond acceptors (Lipinski definition) is 8. The summed E-state index contributed by atoms with van der Waals surface area (Å²) in [5.41, 5.74) is 1.56. The van der Waals surface area contributed by atoms with Crippen LogP contribution in [0, 0.1) is 5.41 Å². The van der Waals surface area contributed by atoms with Crippen molar-refractivity contribution in [3.05, 3.63) is 78.4 Å². The molecule has 1 heterocycles. The van der Waals surface area contributed by atoms with Crippen LogP contribution in [0.3, 0.4) is 0 Å². The predicted octanol–water partition coefficient (Wildman–Crippen LogP) is 6.53. The van der Waals surface area contributed by atoms with E-state index in [0.717, 1.165) is 44.2 Å². The molecule has 3 aromatic carbocycles. The van der Waals surface area contributed by atoms with E-state index < -0.39 is 45.7 Å². The number of carboxylic acid groups (broad SMARTS) is 1. The number of nitrogens with one attached hydrogen (secondary N) is 2. The Labute approximate surface area is 293 Å². The number of fused-ring (bicyclic) bond motifs is 1. The molecule has 3 aromatic rings. The predicted molar refractivity (Wildman–Crippen MR) is 193 cm³/mol. The standard InChI is InChI=1S/C37H47N3O7S2/c1-4-6-19-37(20-7-5-2)25-40(28-16-12-9-13-17-28)29-22-31(48-3)30(23-32(29)49(45,46)26-37)47-24-33(41)39-35(27-14-10-8-11-15-27)36(44)38-21-18-34(42)43/h8-17,22-23,35H,4-7,18-21,24-26H2,1-3H3,(H,38,44)(H,39,41)(H,42,43). The van der Waals surface area contributed by atoms with Crippen molar-refractivity contribution in [3.63, 3.8) is 0 Å². The number of thioether (sulfide) groups is 1. The monoisotopic (exact) mass is 709 g/mol. The summed E-state index contributed by atoms with van der Waals surface area (Å²) in [7, 11) is -3.78. The molecule has 0 spiro atoms. The number of anilines is 2. The zero-order valence-corrected chi connectivity index (χ0v) is 30.1. The van der Waals surface area contributed by atoms with Crippen LogP contribution >= 0.6 is 11.8 Å². The molecule has 1 atom stereocenters. The van der Waals surface area contributed by atoms with Gasteiger partial charge in [-0.15, -0.1) is 11.8 Å². The molecule has 1 unspecified atom stereocenters. The molecule has 0 saturated heterocycles. The highest BCUT2D eigenvalue weighted by Crippen LogP contribution is 2.47. The molecule has 1 aliphatic rings. The Kier molecular flexibility index (Phi) is 13.6. The number of carboxylic acids is 1. The summed E-state index contributed by atoms with van der Waals surface area (Å²) in [6, 6.07) is 20.8. The SMILES string of the molecule is CCCCC1(CCCC)CN(c2ccccc2)c2cc(SC)c(OCC(=O)NC(C(=O)NCCC(=O)O)c3ccccc3)cc2S(=O)(=O)C1. The van der Waals surface area contributed by atoms with E-state index >= 15 is 0 Å². The van der Waals surface area contributed by atoms with Crippen LogP contribution in [0.4, 0.5) is 11.4 Å². The first-order chi connectivity index (χ1) is 23.5. The van der Waals surface area contributed by atoms with Crippen LogP contribution in [0.2, 0.25) is 0 Å². The number of benzene rings is 3. The molecule has 12 heteroatoms. The molecule has 0 fully saturated rings. The van der Waals surface area contributed by atoms with Crippen molar-refractivity contribution in [3.8, 4) is 5.75 Å². The molecule has 1 aliphatic heterocycles. The number of para-hydroxylation sites is 1. The molecule has 0 saturated carbocycles. The lowest BCUT2D eigenvalue weighted by Gasteiger charge is -2.37. The molecule has 4 rings (SSSR count). The van der Waals surface area contributed by atoms with E-state index in [1.165, 1.54) is 11.8 Å². The zero-order valence-electron chi connectivity index (χ0n) is 28.4. The molecule has 0 bridgehead atoms. The number of hydrogen-bond donors (Lipinski definition) is 3. The number of rotatable bonds is 17. The Hall–Kier alpha value is -4.03. The summed E-state index contributed by atoms with van der Waals surface area (Å²) in [5, 5.41) is 14.2. The van der Waals surface area contributed by atoms with E-state index in [1.54, 1.807) is 36.4 Å². The van der Waals surface area contributed by atoms with Crippen molar-refractivity contribution in [1.82, 2.24) is 10.6 Å². The average molecular weight is 710 g/mol. The molecule has 10 nitrogen and oxygen atoms in total.